The first kappa shape index (κ1) is 11.8. The monoisotopic (exact) mass is 276 g/mol. The summed E-state index contributed by atoms with van der Waals surface area (Å²) in [5.74, 6) is 1.62. The highest BCUT2D eigenvalue weighted by Crippen LogP contribution is 2.25. The molecule has 2 aromatic carbocycles. The van der Waals surface area contributed by atoms with Gasteiger partial charge in [0.05, 0.1) is 29.2 Å². The maximum Gasteiger partial charge on any atom is 0.138 e. The quantitative estimate of drug-likeness (QED) is 0.610. The van der Waals surface area contributed by atoms with Crippen LogP contribution in [0.5, 0.6) is 5.75 Å². The molecule has 0 spiro atoms. The van der Waals surface area contributed by atoms with Gasteiger partial charge in [0.15, 0.2) is 0 Å². The van der Waals surface area contributed by atoms with E-state index in [-0.39, 0.29) is 0 Å². The zero-order valence-corrected chi connectivity index (χ0v) is 11.4. The number of rotatable bonds is 2. The minimum Gasteiger partial charge on any atom is -0.497 e. The average molecular weight is 276 g/mol. The molecular formula is C16H12N4O. The molecule has 0 amide bonds. The fourth-order valence-electron chi connectivity index (χ4n) is 2.36. The number of nitrogens with zero attached hydrogens (tertiary/aromatic N) is 3. The molecular weight excluding hydrogens is 264 g/mol. The number of hydrogen-bond donors (Lipinski definition) is 1. The Morgan fingerprint density at radius 3 is 2.57 bits per heavy atom. The standard InChI is InChI=1S/C16H12N4O/c1-21-11-3-5-13-15(9-11)20-16(19-13)10-2-4-12-14(8-10)18-7-6-17-12/h2-9H,1H3,(H,19,20). The topological polar surface area (TPSA) is 63.7 Å². The summed E-state index contributed by atoms with van der Waals surface area (Å²) in [7, 11) is 1.65. The summed E-state index contributed by atoms with van der Waals surface area (Å²) >= 11 is 0. The lowest BCUT2D eigenvalue weighted by Crippen LogP contribution is -1.85. The van der Waals surface area contributed by atoms with Crippen LogP contribution in [0.4, 0.5) is 0 Å². The second kappa shape index (κ2) is 4.56. The van der Waals surface area contributed by atoms with E-state index in [2.05, 4.69) is 19.9 Å². The lowest BCUT2D eigenvalue weighted by Gasteiger charge is -1.99. The lowest BCUT2D eigenvalue weighted by atomic mass is 10.2. The van der Waals surface area contributed by atoms with Crippen molar-refractivity contribution in [2.75, 3.05) is 7.11 Å². The van der Waals surface area contributed by atoms with Crippen molar-refractivity contribution in [3.8, 4) is 17.1 Å². The number of imidazole rings is 1. The number of aromatic amines is 1. The van der Waals surface area contributed by atoms with Crippen molar-refractivity contribution in [3.63, 3.8) is 0 Å². The summed E-state index contributed by atoms with van der Waals surface area (Å²) in [5, 5.41) is 0. The molecule has 102 valence electrons. The van der Waals surface area contributed by atoms with Crippen molar-refractivity contribution in [2.24, 2.45) is 0 Å². The van der Waals surface area contributed by atoms with Crippen molar-refractivity contribution in [3.05, 3.63) is 48.8 Å². The average Bonchev–Trinajstić information content (AvgIpc) is 2.97. The van der Waals surface area contributed by atoms with E-state index in [1.807, 2.05) is 36.4 Å². The molecule has 21 heavy (non-hydrogen) atoms. The molecule has 0 unspecified atom stereocenters. The molecule has 0 saturated heterocycles. The molecule has 2 heterocycles. The Morgan fingerprint density at radius 1 is 0.905 bits per heavy atom. The highest BCUT2D eigenvalue weighted by atomic mass is 16.5. The molecule has 4 rings (SSSR count). The van der Waals surface area contributed by atoms with Crippen LogP contribution in [0.3, 0.4) is 0 Å². The van der Waals surface area contributed by atoms with Crippen LogP contribution in [0, 0.1) is 0 Å². The minimum absolute atomic E-state index is 0.807. The van der Waals surface area contributed by atoms with Crippen LogP contribution in [0.15, 0.2) is 48.8 Å². The fourth-order valence-corrected chi connectivity index (χ4v) is 2.36. The molecule has 5 heteroatoms. The smallest absolute Gasteiger partial charge is 0.138 e. The zero-order chi connectivity index (χ0) is 14.2. The fraction of sp³-hybridized carbons (Fsp3) is 0.0625. The first-order valence-corrected chi connectivity index (χ1v) is 6.58. The second-order valence-corrected chi connectivity index (χ2v) is 4.73. The van der Waals surface area contributed by atoms with Gasteiger partial charge < -0.3 is 9.72 Å². The number of ether oxygens (including phenoxy) is 1. The largest absolute Gasteiger partial charge is 0.497 e. The van der Waals surface area contributed by atoms with Crippen molar-refractivity contribution >= 4 is 22.1 Å². The predicted molar refractivity (Wildman–Crippen MR) is 81.2 cm³/mol. The van der Waals surface area contributed by atoms with E-state index in [0.717, 1.165) is 39.2 Å². The van der Waals surface area contributed by atoms with E-state index in [1.165, 1.54) is 0 Å². The normalized spacial score (nSPS) is 11.1. The Hall–Kier alpha value is -2.95. The zero-order valence-electron chi connectivity index (χ0n) is 11.4. The molecule has 4 aromatic rings. The highest BCUT2D eigenvalue weighted by molar-refractivity contribution is 5.84. The van der Waals surface area contributed by atoms with Gasteiger partial charge in [-0.05, 0) is 30.3 Å². The molecule has 5 nitrogen and oxygen atoms in total. The molecule has 0 bridgehead atoms. The van der Waals surface area contributed by atoms with Crippen LogP contribution in [0.25, 0.3) is 33.5 Å². The summed E-state index contributed by atoms with van der Waals surface area (Å²) in [5.41, 5.74) is 4.57. The second-order valence-electron chi connectivity index (χ2n) is 4.73. The summed E-state index contributed by atoms with van der Waals surface area (Å²) in [6, 6.07) is 11.7. The maximum absolute atomic E-state index is 5.23. The molecule has 0 aliphatic rings. The summed E-state index contributed by atoms with van der Waals surface area (Å²) in [6.45, 7) is 0. The minimum atomic E-state index is 0.807. The summed E-state index contributed by atoms with van der Waals surface area (Å²) < 4.78 is 5.23. The van der Waals surface area contributed by atoms with Gasteiger partial charge in [-0.2, -0.15) is 0 Å². The molecule has 0 atom stereocenters. The van der Waals surface area contributed by atoms with Crippen molar-refractivity contribution in [1.29, 1.82) is 0 Å². The van der Waals surface area contributed by atoms with Crippen LogP contribution in [-0.2, 0) is 0 Å². The Bertz CT molecular complexity index is 945. The van der Waals surface area contributed by atoms with Gasteiger partial charge in [0, 0.05) is 24.0 Å². The van der Waals surface area contributed by atoms with Gasteiger partial charge in [-0.3, -0.25) is 9.97 Å². The maximum atomic E-state index is 5.23. The van der Waals surface area contributed by atoms with Gasteiger partial charge in [-0.25, -0.2) is 4.98 Å². The van der Waals surface area contributed by atoms with Crippen molar-refractivity contribution < 1.29 is 4.74 Å². The summed E-state index contributed by atoms with van der Waals surface area (Å²) in [4.78, 5) is 16.5. The lowest BCUT2D eigenvalue weighted by molar-refractivity contribution is 0.415. The number of methoxy groups -OCH3 is 1. The third-order valence-corrected chi connectivity index (χ3v) is 3.43. The van der Waals surface area contributed by atoms with Gasteiger partial charge in [-0.1, -0.05) is 0 Å². The van der Waals surface area contributed by atoms with E-state index in [4.69, 9.17) is 4.74 Å². The Labute approximate surface area is 120 Å². The van der Waals surface area contributed by atoms with E-state index in [0.29, 0.717) is 0 Å². The van der Waals surface area contributed by atoms with Gasteiger partial charge in [0.1, 0.15) is 11.6 Å². The SMILES string of the molecule is COc1ccc2nc(-c3ccc4nccnc4c3)[nH]c2c1. The van der Waals surface area contributed by atoms with Crippen molar-refractivity contribution in [2.45, 2.75) is 0 Å². The number of benzene rings is 2. The number of hydrogen-bond acceptors (Lipinski definition) is 4. The molecule has 0 aliphatic heterocycles. The molecule has 1 N–H and O–H groups in total. The first-order chi connectivity index (χ1) is 10.3. The van der Waals surface area contributed by atoms with Gasteiger partial charge in [0.2, 0.25) is 0 Å². The van der Waals surface area contributed by atoms with Crippen LogP contribution in [0.2, 0.25) is 0 Å². The van der Waals surface area contributed by atoms with Crippen LogP contribution in [0.1, 0.15) is 0 Å². The Kier molecular flexibility index (Phi) is 2.57. The Morgan fingerprint density at radius 2 is 1.71 bits per heavy atom. The number of H-pyrrole nitrogens is 1. The van der Waals surface area contributed by atoms with Crippen LogP contribution in [-0.4, -0.2) is 27.0 Å². The first-order valence-electron chi connectivity index (χ1n) is 6.58. The predicted octanol–water partition coefficient (Wildman–Crippen LogP) is 3.18. The highest BCUT2D eigenvalue weighted by Gasteiger charge is 2.07. The van der Waals surface area contributed by atoms with E-state index < -0.39 is 0 Å². The van der Waals surface area contributed by atoms with Gasteiger partial charge in [-0.15, -0.1) is 0 Å². The number of nitrogens with one attached hydrogen (secondary N) is 1. The molecule has 2 aromatic heterocycles. The van der Waals surface area contributed by atoms with E-state index >= 15 is 0 Å². The van der Waals surface area contributed by atoms with Crippen LogP contribution >= 0.6 is 0 Å². The Balaban J connectivity index is 1.87. The molecule has 0 radical (unpaired) electrons. The van der Waals surface area contributed by atoms with Crippen molar-refractivity contribution in [1.82, 2.24) is 19.9 Å². The molecule has 0 saturated carbocycles. The van der Waals surface area contributed by atoms with Crippen LogP contribution < -0.4 is 4.74 Å². The third-order valence-electron chi connectivity index (χ3n) is 3.43. The number of aromatic nitrogens is 4. The third kappa shape index (κ3) is 1.99. The van der Waals surface area contributed by atoms with Gasteiger partial charge in [0.25, 0.3) is 0 Å². The van der Waals surface area contributed by atoms with E-state index in [1.54, 1.807) is 19.5 Å². The molecule has 0 fully saturated rings. The van der Waals surface area contributed by atoms with E-state index in [9.17, 15) is 0 Å². The summed E-state index contributed by atoms with van der Waals surface area (Å²) in [6.07, 6.45) is 3.38. The molecule has 0 aliphatic carbocycles. The number of fused-ring (bicyclic) bond motifs is 2. The van der Waals surface area contributed by atoms with Gasteiger partial charge >= 0.3 is 0 Å².